The first-order valence-corrected chi connectivity index (χ1v) is 15.1. The first-order chi connectivity index (χ1) is 18.4. The molecule has 0 aromatic heterocycles. The van der Waals surface area contributed by atoms with Gasteiger partial charge >= 0.3 is 0 Å². The van der Waals surface area contributed by atoms with Gasteiger partial charge in [-0.3, -0.25) is 23.3 Å². The van der Waals surface area contributed by atoms with Gasteiger partial charge in [0.15, 0.2) is 11.6 Å². The molecule has 0 radical (unpaired) electrons. The number of nitrogens with one attached hydrogen (secondary N) is 1. The van der Waals surface area contributed by atoms with Gasteiger partial charge in [-0.25, -0.2) is 0 Å². The van der Waals surface area contributed by atoms with Crippen LogP contribution in [-0.4, -0.2) is 58.9 Å². The van der Waals surface area contributed by atoms with E-state index in [4.69, 9.17) is 9.47 Å². The lowest BCUT2D eigenvalue weighted by Gasteiger charge is -2.29. The summed E-state index contributed by atoms with van der Waals surface area (Å²) in [6.45, 7) is 7.26. The highest BCUT2D eigenvalue weighted by atomic mass is 32.2. The molecule has 0 aliphatic heterocycles. The van der Waals surface area contributed by atoms with Crippen LogP contribution in [0.4, 0.5) is 10.4 Å². The van der Waals surface area contributed by atoms with Crippen LogP contribution in [-0.2, 0) is 38.2 Å². The molecule has 0 heterocycles. The monoisotopic (exact) mass is 655 g/mol. The van der Waals surface area contributed by atoms with Crippen molar-refractivity contribution in [1.82, 2.24) is 0 Å². The number of hydrogen-bond acceptors (Lipinski definition) is 8. The molecule has 0 aliphatic carbocycles. The largest absolute Gasteiger partial charge is 0.374 e. The van der Waals surface area contributed by atoms with E-state index in [-0.39, 0.29) is 69.1 Å². The molecule has 0 spiro atoms. The van der Waals surface area contributed by atoms with Crippen molar-refractivity contribution in [2.75, 3.05) is 26.6 Å². The van der Waals surface area contributed by atoms with E-state index in [1.54, 1.807) is 20.1 Å². The third-order valence-corrected chi connectivity index (χ3v) is 7.95. The minimum atomic E-state index is -3.97. The lowest BCUT2D eigenvalue weighted by molar-refractivity contribution is -0.145. The number of halogens is 1. The normalized spacial score (nSPS) is 12.0. The maximum Gasteiger partial charge on any atom is 0.298 e. The molecule has 0 fully saturated rings. The van der Waals surface area contributed by atoms with Crippen molar-refractivity contribution in [3.63, 3.8) is 0 Å². The number of rotatable bonds is 19. The van der Waals surface area contributed by atoms with Crippen molar-refractivity contribution in [3.05, 3.63) is 24.3 Å². The molecule has 2 unspecified atom stereocenters. The van der Waals surface area contributed by atoms with Gasteiger partial charge in [0, 0.05) is 14.2 Å². The van der Waals surface area contributed by atoms with Crippen LogP contribution in [0.5, 0.6) is 0 Å². The number of methoxy groups -OCH3 is 2. The molecule has 11 heteroatoms. The molecular weight excluding hydrogens is 589 g/mol. The average Bonchev–Trinajstić information content (AvgIpc) is 2.90. The standard InChI is InChI=1S/C19H29NO6S.C10H20O2.4CH4.FH/c1-5-6-7-10-13-19(25-3,15(2)21)14-18(22)20-16-11-8-9-12-17(16)27(23,24)26-4;1-4-5-6-7-8-10(12-3)9(2)11;;;;;/h8-9,11-12H,5-7,10,13-14H2,1-4H3,(H,20,22);10H,4-8H2,1-3H3;4*1H4;1H. The molecule has 1 N–H and O–H groups in total. The number of carbonyl (C=O) groups is 3. The Morgan fingerprint density at radius 1 is 0.841 bits per heavy atom. The Bertz CT molecular complexity index is 988. The van der Waals surface area contributed by atoms with Crippen LogP contribution < -0.4 is 5.32 Å². The lowest BCUT2D eigenvalue weighted by Crippen LogP contribution is -2.42. The SMILES string of the molecule is C.C.C.C.CCCCCCC(CC(=O)Nc1ccccc1S(=O)(=O)OC)(OC)C(C)=O.CCCCCCC(OC)C(C)=O.F. The van der Waals surface area contributed by atoms with Crippen LogP contribution in [0.1, 0.15) is 128 Å². The van der Waals surface area contributed by atoms with Gasteiger partial charge in [0.05, 0.1) is 19.2 Å². The molecule has 1 aromatic carbocycles. The minimum Gasteiger partial charge on any atom is -0.374 e. The predicted molar refractivity (Wildman–Crippen MR) is 183 cm³/mol. The van der Waals surface area contributed by atoms with Gasteiger partial charge in [-0.15, -0.1) is 0 Å². The van der Waals surface area contributed by atoms with Gasteiger partial charge in [0.2, 0.25) is 5.91 Å². The molecule has 1 aromatic rings. The summed E-state index contributed by atoms with van der Waals surface area (Å²) in [6, 6.07) is 5.94. The zero-order chi connectivity index (χ0) is 29.9. The van der Waals surface area contributed by atoms with Crippen LogP contribution in [0.25, 0.3) is 0 Å². The van der Waals surface area contributed by atoms with E-state index in [0.29, 0.717) is 6.42 Å². The third-order valence-electron chi connectivity index (χ3n) is 6.62. The Labute approximate surface area is 269 Å². The second-order valence-electron chi connectivity index (χ2n) is 9.59. The van der Waals surface area contributed by atoms with Crippen molar-refractivity contribution in [2.24, 2.45) is 0 Å². The van der Waals surface area contributed by atoms with Crippen molar-refractivity contribution in [1.29, 1.82) is 0 Å². The summed E-state index contributed by atoms with van der Waals surface area (Å²) in [7, 11) is 0.0956. The number of amides is 1. The number of unbranched alkanes of at least 4 members (excludes halogenated alkanes) is 6. The van der Waals surface area contributed by atoms with Crippen LogP contribution in [0, 0.1) is 0 Å². The Hall–Kier alpha value is -2.21. The van der Waals surface area contributed by atoms with Gasteiger partial charge < -0.3 is 14.8 Å². The molecule has 44 heavy (non-hydrogen) atoms. The van der Waals surface area contributed by atoms with Crippen molar-refractivity contribution >= 4 is 33.3 Å². The van der Waals surface area contributed by atoms with Crippen molar-refractivity contribution in [2.45, 2.75) is 145 Å². The second kappa shape index (κ2) is 29.5. The second-order valence-corrected chi connectivity index (χ2v) is 11.3. The number of benzene rings is 1. The zero-order valence-electron chi connectivity index (χ0n) is 25.2. The van der Waals surface area contributed by atoms with Gasteiger partial charge in [0.25, 0.3) is 10.1 Å². The number of Topliss-reactive ketones (excluding diaryl/α,β-unsaturated/α-hetero) is 2. The average molecular weight is 656 g/mol. The van der Waals surface area contributed by atoms with E-state index >= 15 is 0 Å². The van der Waals surface area contributed by atoms with Gasteiger partial charge in [-0.05, 0) is 38.8 Å². The molecule has 0 saturated heterocycles. The molecule has 9 nitrogen and oxygen atoms in total. The Morgan fingerprint density at radius 3 is 1.80 bits per heavy atom. The topological polar surface area (TPSA) is 125 Å². The van der Waals surface area contributed by atoms with E-state index < -0.39 is 21.6 Å². The van der Waals surface area contributed by atoms with Crippen LogP contribution >= 0.6 is 0 Å². The summed E-state index contributed by atoms with van der Waals surface area (Å²) < 4.78 is 39.0. The molecule has 264 valence electrons. The smallest absolute Gasteiger partial charge is 0.298 e. The number of ether oxygens (including phenoxy) is 2. The predicted octanol–water partition coefficient (Wildman–Crippen LogP) is 8.55. The fourth-order valence-electron chi connectivity index (χ4n) is 4.12. The van der Waals surface area contributed by atoms with Crippen molar-refractivity contribution < 1.29 is 41.2 Å². The van der Waals surface area contributed by atoms with E-state index in [2.05, 4.69) is 23.3 Å². The van der Waals surface area contributed by atoms with Crippen LogP contribution in [0.2, 0.25) is 0 Å². The lowest BCUT2D eigenvalue weighted by atomic mass is 9.88. The highest BCUT2D eigenvalue weighted by Gasteiger charge is 2.37. The van der Waals surface area contributed by atoms with Gasteiger partial charge in [-0.1, -0.05) is 107 Å². The molecule has 0 aliphatic rings. The number of carbonyl (C=O) groups excluding carboxylic acids is 3. The highest BCUT2D eigenvalue weighted by molar-refractivity contribution is 7.87. The van der Waals surface area contributed by atoms with Crippen LogP contribution in [0.3, 0.4) is 0 Å². The number of anilines is 1. The van der Waals surface area contributed by atoms with Crippen LogP contribution in [0.15, 0.2) is 29.2 Å². The Kier molecular flexibility index (Phi) is 36.4. The van der Waals surface area contributed by atoms with Gasteiger partial charge in [0.1, 0.15) is 16.6 Å². The number of para-hydroxylation sites is 1. The number of ketones is 2. The summed E-state index contributed by atoms with van der Waals surface area (Å²) in [5.74, 6) is -0.579. The maximum atomic E-state index is 12.6. The minimum absolute atomic E-state index is 0. The highest BCUT2D eigenvalue weighted by Crippen LogP contribution is 2.27. The van der Waals surface area contributed by atoms with E-state index in [1.165, 1.54) is 51.5 Å². The molecule has 0 saturated carbocycles. The fraction of sp³-hybridized carbons (Fsp3) is 0.727. The summed E-state index contributed by atoms with van der Waals surface area (Å²) in [4.78, 5) is 35.5. The maximum absolute atomic E-state index is 12.6. The first-order valence-electron chi connectivity index (χ1n) is 13.7. The first kappa shape index (κ1) is 54.3. The molecule has 0 bridgehead atoms. The zero-order valence-corrected chi connectivity index (χ0v) is 26.1. The molecule has 1 rings (SSSR count). The Balaban J connectivity index is -0.000000184. The Morgan fingerprint density at radius 2 is 1.36 bits per heavy atom. The fourth-order valence-corrected chi connectivity index (χ4v) is 4.93. The van der Waals surface area contributed by atoms with E-state index in [1.807, 2.05) is 0 Å². The summed E-state index contributed by atoms with van der Waals surface area (Å²) in [6.07, 6.45) is 9.60. The number of hydrogen-bond donors (Lipinski definition) is 1. The summed E-state index contributed by atoms with van der Waals surface area (Å²) in [5.41, 5.74) is -1.11. The molecular formula is C33H66FNO8S. The van der Waals surface area contributed by atoms with E-state index in [9.17, 15) is 22.8 Å². The van der Waals surface area contributed by atoms with Gasteiger partial charge in [-0.2, -0.15) is 8.42 Å². The summed E-state index contributed by atoms with van der Waals surface area (Å²) >= 11 is 0. The van der Waals surface area contributed by atoms with Crippen molar-refractivity contribution in [3.8, 4) is 0 Å². The van der Waals surface area contributed by atoms with E-state index in [0.717, 1.165) is 45.6 Å². The molecule has 1 amide bonds. The quantitative estimate of drug-likeness (QED) is 0.116. The summed E-state index contributed by atoms with van der Waals surface area (Å²) in [5, 5.41) is 2.57. The third kappa shape index (κ3) is 19.9. The molecule has 2 atom stereocenters.